The molecule has 5 unspecified atom stereocenters. The second-order valence-corrected chi connectivity index (χ2v) is 40.3. The van der Waals surface area contributed by atoms with Gasteiger partial charge in [-0.3, -0.25) is 29.2 Å². The van der Waals surface area contributed by atoms with Crippen molar-refractivity contribution in [1.29, 1.82) is 0 Å². The minimum absolute atomic E-state index is 0. The monoisotopic (exact) mass is 2240 g/mol. The van der Waals surface area contributed by atoms with Crippen molar-refractivity contribution in [2.45, 2.75) is 84.8 Å². The molecule has 0 aromatic heterocycles. The number of nitrogens with two attached hydrogens (primary N) is 1. The Bertz CT molecular complexity index is 4870. The van der Waals surface area contributed by atoms with Gasteiger partial charge in [-0.1, -0.05) is 120 Å². The average molecular weight is 2240 g/mol. The van der Waals surface area contributed by atoms with Crippen molar-refractivity contribution in [3.05, 3.63) is 264 Å². The number of carboxylic acid groups (broad SMARTS) is 1. The van der Waals surface area contributed by atoms with E-state index in [1.165, 1.54) is 6.42 Å². The first-order valence-corrected chi connectivity index (χ1v) is 51.6. The van der Waals surface area contributed by atoms with Gasteiger partial charge in [0.25, 0.3) is 11.8 Å². The van der Waals surface area contributed by atoms with Crippen molar-refractivity contribution in [2.24, 2.45) is 35.3 Å². The van der Waals surface area contributed by atoms with E-state index in [4.69, 9.17) is 168 Å². The number of phenols is 1. The molecule has 5 aliphatic heterocycles. The van der Waals surface area contributed by atoms with E-state index in [1.807, 2.05) is 163 Å². The molecule has 0 spiro atoms. The quantitative estimate of drug-likeness (QED) is 0.0168. The molecule has 14 rings (SSSR count). The van der Waals surface area contributed by atoms with Crippen LogP contribution in [0.5, 0.6) is 51.7 Å². The summed E-state index contributed by atoms with van der Waals surface area (Å²) in [5.41, 5.74) is 4.80. The maximum absolute atomic E-state index is 12.0. The zero-order valence-electron chi connectivity index (χ0n) is 81.6. The number of amides is 4. The number of phenolic OH excluding ortho intramolecular Hbond substituents is 1. The second kappa shape index (κ2) is 69.4. The highest BCUT2D eigenvalue weighted by molar-refractivity contribution is 9.09. The van der Waals surface area contributed by atoms with Crippen molar-refractivity contribution in [2.75, 3.05) is 183 Å². The van der Waals surface area contributed by atoms with Gasteiger partial charge in [0, 0.05) is 129 Å². The van der Waals surface area contributed by atoms with E-state index in [9.17, 15) is 24.0 Å². The maximum Gasteiger partial charge on any atom is 0.407 e. The number of alkyl halides is 1. The third kappa shape index (κ3) is 57.8. The smallest absolute Gasteiger partial charge is 0.407 e. The van der Waals surface area contributed by atoms with E-state index < -0.39 is 17.2 Å². The molecular formula is C105H135BrCl10N10O17. The van der Waals surface area contributed by atoms with Gasteiger partial charge < -0.3 is 89.9 Å². The zero-order chi connectivity index (χ0) is 103. The number of nitrogens with one attached hydrogen (secondary N) is 5. The highest BCUT2D eigenvalue weighted by Gasteiger charge is 2.28. The topological polar surface area (TPSA) is 317 Å². The molecule has 0 bridgehead atoms. The number of likely N-dealkylation sites (tertiary alicyclic amines) is 4. The van der Waals surface area contributed by atoms with Crippen LogP contribution in [0.15, 0.2) is 218 Å². The Kier molecular flexibility index (Phi) is 59.7. The predicted molar refractivity (Wildman–Crippen MR) is 580 cm³/mol. The molecule has 5 saturated heterocycles. The summed E-state index contributed by atoms with van der Waals surface area (Å²) in [7, 11) is 0. The number of rotatable bonds is 37. The van der Waals surface area contributed by atoms with Crippen LogP contribution in [0.1, 0.15) is 73.6 Å². The first-order valence-electron chi connectivity index (χ1n) is 47.1. The number of carbonyl (C=O) groups excluding carboxylic acids is 4. The maximum atomic E-state index is 12.0. The number of aliphatic carboxylic acids is 1. The molecule has 784 valence electrons. The number of benzene rings is 9. The molecule has 143 heavy (non-hydrogen) atoms. The summed E-state index contributed by atoms with van der Waals surface area (Å²) < 4.78 is 54.3. The highest BCUT2D eigenvalue weighted by Crippen LogP contribution is 2.27. The summed E-state index contributed by atoms with van der Waals surface area (Å²) in [6.45, 7) is 31.5. The lowest BCUT2D eigenvalue weighted by Crippen LogP contribution is -2.36. The van der Waals surface area contributed by atoms with Crippen LogP contribution < -0.4 is 70.2 Å². The number of hydrogen-bond acceptors (Lipinski definition) is 22. The molecule has 27 nitrogen and oxygen atoms in total. The summed E-state index contributed by atoms with van der Waals surface area (Å²) in [4.78, 5) is 66.4. The molecule has 4 amide bonds. The zero-order valence-corrected chi connectivity index (χ0v) is 90.8. The molecule has 9 aromatic rings. The summed E-state index contributed by atoms with van der Waals surface area (Å²) in [5.74, 6) is 7.62. The summed E-state index contributed by atoms with van der Waals surface area (Å²) in [6.07, 6.45) is 4.92. The van der Waals surface area contributed by atoms with Crippen LogP contribution in [0.3, 0.4) is 0 Å². The fraction of sp³-hybridized carbons (Fsp3) is 0.438. The lowest BCUT2D eigenvalue weighted by Gasteiger charge is -2.21. The lowest BCUT2D eigenvalue weighted by molar-refractivity contribution is -0.139. The Labute approximate surface area is 901 Å². The Balaban J connectivity index is 0.000000257. The van der Waals surface area contributed by atoms with Gasteiger partial charge in [0.2, 0.25) is 0 Å². The van der Waals surface area contributed by atoms with Crippen molar-refractivity contribution in [3.63, 3.8) is 0 Å². The molecule has 9 aromatic carbocycles. The van der Waals surface area contributed by atoms with Gasteiger partial charge in [-0.05, 0) is 367 Å². The van der Waals surface area contributed by atoms with Gasteiger partial charge in [-0.15, -0.1) is 12.4 Å². The molecule has 0 saturated carbocycles. The Hall–Kier alpha value is -8.73. The summed E-state index contributed by atoms with van der Waals surface area (Å²) in [6, 6.07) is 63.8. The molecule has 5 fully saturated rings. The van der Waals surface area contributed by atoms with E-state index in [2.05, 4.69) is 62.1 Å². The van der Waals surface area contributed by atoms with Crippen LogP contribution >= 0.6 is 133 Å². The third-order valence-corrected chi connectivity index (χ3v) is 24.1. The Morgan fingerprint density at radius 2 is 0.587 bits per heavy atom. The first kappa shape index (κ1) is 123. The standard InChI is InChI=1S/2C21H24Cl2N2O3.C18H27ClN2O3.C13H19ClN2O.C10H20N2O2.C8H8BrClO.C8H7ClO3.C6H5ClO.ClH/c2*22-17-1-5-19(6-2-17)27-12-11-25-10-9-16(14-25)13-24-21(26)15-28-20-7-3-18(23)4-8-20;1-18(2,3)24-17(22)20-12-14-8-9-21(13-14)10-11-23-16-6-4-15(19)5-7-16;14-12-1-3-13(4-2-12)17-8-7-16-6-5-11(9-15)10-16;1-10(2,3)14-9(13)12-7-8-4-5-11-6-8;9-5-6-11-8-3-1-7(10)2-4-8;9-6-1-3-7(4-2-6)12-5-8(10)11;7-5-1-3-6(8)4-2-5;/h2*1-8,16H,9-15H2,(H,24,26);4-7,14H,8-13H2,1-3H3,(H,20,22);1-4,11H,5-10,15H2;8,11H,4-7H2,1-3H3,(H,12,13);1-4H,5-6H2;1-4H,5H2,(H,10,11);1-4,8H;1H. The minimum atomic E-state index is -0.995. The van der Waals surface area contributed by atoms with Gasteiger partial charge in [0.1, 0.15) is 89.4 Å². The van der Waals surface area contributed by atoms with Gasteiger partial charge in [0.15, 0.2) is 19.8 Å². The van der Waals surface area contributed by atoms with Gasteiger partial charge in [-0.2, -0.15) is 0 Å². The fourth-order valence-corrected chi connectivity index (χ4v) is 15.5. The molecular weight excluding hydrogens is 2110 g/mol. The number of carboxylic acids is 1. The van der Waals surface area contributed by atoms with Crippen molar-refractivity contribution < 1.29 is 81.6 Å². The number of alkyl carbamates (subject to hydrolysis) is 2. The van der Waals surface area contributed by atoms with Gasteiger partial charge in [0.05, 0.1) is 6.61 Å². The Morgan fingerprint density at radius 1 is 0.350 bits per heavy atom. The molecule has 5 heterocycles. The summed E-state index contributed by atoms with van der Waals surface area (Å²) >= 11 is 55.1. The van der Waals surface area contributed by atoms with Crippen molar-refractivity contribution in [3.8, 4) is 51.7 Å². The summed E-state index contributed by atoms with van der Waals surface area (Å²) in [5, 5.41) is 38.7. The number of carbonyl (C=O) groups is 5. The minimum Gasteiger partial charge on any atom is -0.508 e. The van der Waals surface area contributed by atoms with Crippen molar-refractivity contribution >= 4 is 163 Å². The number of hydrogen-bond donors (Lipinski definition) is 8. The van der Waals surface area contributed by atoms with E-state index in [0.29, 0.717) is 135 Å². The molecule has 38 heteroatoms. The normalized spacial score (nSPS) is 16.3. The number of nitrogens with zero attached hydrogens (tertiary/aromatic N) is 4. The molecule has 0 radical (unpaired) electrons. The van der Waals surface area contributed by atoms with E-state index in [0.717, 1.165) is 175 Å². The number of halogens is 11. The van der Waals surface area contributed by atoms with E-state index >= 15 is 0 Å². The third-order valence-electron chi connectivity index (χ3n) is 21.5. The SMILES string of the molecule is CC(C)(C)OC(=O)NCC1CCN(CCOc2ccc(Cl)cc2)C1.CC(C)(C)OC(=O)NCC1CCNC1.Cl.Clc1ccc(OCCBr)cc1.NCC1CCN(CCOc2ccc(Cl)cc2)C1.O=C(COc1ccc(Cl)cc1)NCC1CCN(CCOc2ccc(Cl)cc2)C1.O=C(COc1ccc(Cl)cc1)NCC1CCN(CCOc2ccc(Cl)cc2)C1.O=C(O)COc1ccc(Cl)cc1.Oc1ccc(Cl)cc1. The first-order chi connectivity index (χ1) is 68.0. The average Bonchev–Trinajstić information content (AvgIpc) is 1.75. The second-order valence-electron chi connectivity index (χ2n) is 35.6. The molecule has 9 N–H and O–H groups in total. The largest absolute Gasteiger partial charge is 0.508 e. The van der Waals surface area contributed by atoms with Crippen molar-refractivity contribution in [1.82, 2.24) is 46.2 Å². The molecule has 5 aliphatic rings. The van der Waals surface area contributed by atoms with Crippen LogP contribution in [0, 0.1) is 29.6 Å². The molecule has 5 atom stereocenters. The van der Waals surface area contributed by atoms with E-state index in [1.54, 1.807) is 97.1 Å². The number of ether oxygens (including phenoxy) is 10. The lowest BCUT2D eigenvalue weighted by atomic mass is 10.1. The highest BCUT2D eigenvalue weighted by atomic mass is 79.9. The van der Waals surface area contributed by atoms with Crippen LogP contribution in [0.4, 0.5) is 9.59 Å². The Morgan fingerprint density at radius 3 is 0.825 bits per heavy atom. The van der Waals surface area contributed by atoms with Gasteiger partial charge >= 0.3 is 18.2 Å². The number of aromatic hydroxyl groups is 1. The van der Waals surface area contributed by atoms with Crippen LogP contribution in [0.2, 0.25) is 45.2 Å². The fourth-order valence-electron chi connectivity index (χ4n) is 14.2. The van der Waals surface area contributed by atoms with E-state index in [-0.39, 0.29) is 62.0 Å². The van der Waals surface area contributed by atoms with Crippen LogP contribution in [0.25, 0.3) is 0 Å². The predicted octanol–water partition coefficient (Wildman–Crippen LogP) is 21.8. The van der Waals surface area contributed by atoms with Gasteiger partial charge in [-0.25, -0.2) is 14.4 Å². The molecule has 0 aliphatic carbocycles. The van der Waals surface area contributed by atoms with Crippen LogP contribution in [-0.2, 0) is 23.9 Å². The van der Waals surface area contributed by atoms with Crippen LogP contribution in [-0.4, -0.2) is 254 Å².